The van der Waals surface area contributed by atoms with Gasteiger partial charge in [0.15, 0.2) is 0 Å². The number of Topliss-reactive ketones (excluding diaryl/α,β-unsaturated/α-hetero) is 2. The van der Waals surface area contributed by atoms with Crippen LogP contribution in [0.5, 0.6) is 0 Å². The normalized spacial score (nSPS) is 22.1. The van der Waals surface area contributed by atoms with Crippen LogP contribution in [0.4, 0.5) is 0 Å². The first-order chi connectivity index (χ1) is 6.38. The highest BCUT2D eigenvalue weighted by molar-refractivity contribution is 6.02. The number of hydrogen-bond donors (Lipinski definition) is 0. The zero-order valence-electron chi connectivity index (χ0n) is 9.59. The van der Waals surface area contributed by atoms with Crippen molar-refractivity contribution in [3.05, 3.63) is 0 Å². The van der Waals surface area contributed by atoms with Crippen LogP contribution in [0.15, 0.2) is 0 Å². The van der Waals surface area contributed by atoms with Crippen LogP contribution >= 0.6 is 0 Å². The Morgan fingerprint density at radius 2 is 1.29 bits per heavy atom. The number of carbonyl (C=O) groups is 2. The van der Waals surface area contributed by atoms with Gasteiger partial charge in [-0.2, -0.15) is 0 Å². The van der Waals surface area contributed by atoms with E-state index < -0.39 is 0 Å². The summed E-state index contributed by atoms with van der Waals surface area (Å²) < 4.78 is 0. The lowest BCUT2D eigenvalue weighted by molar-refractivity contribution is -0.137. The Balaban J connectivity index is 2.97. The zero-order valence-corrected chi connectivity index (χ0v) is 9.59. The molecule has 0 saturated heterocycles. The van der Waals surface area contributed by atoms with Gasteiger partial charge in [0.2, 0.25) is 0 Å². The number of carbonyl (C=O) groups excluding carboxylic acids is 2. The van der Waals surface area contributed by atoms with E-state index in [4.69, 9.17) is 0 Å². The average Bonchev–Trinajstić information content (AvgIpc) is 2.01. The van der Waals surface area contributed by atoms with Crippen molar-refractivity contribution in [2.45, 2.75) is 47.0 Å². The highest BCUT2D eigenvalue weighted by Crippen LogP contribution is 2.45. The van der Waals surface area contributed by atoms with E-state index in [1.54, 1.807) is 0 Å². The minimum atomic E-state index is -0.0770. The molecule has 0 N–H and O–H groups in total. The summed E-state index contributed by atoms with van der Waals surface area (Å²) in [4.78, 5) is 23.0. The van der Waals surface area contributed by atoms with Crippen molar-refractivity contribution in [2.75, 3.05) is 0 Å². The quantitative estimate of drug-likeness (QED) is 0.636. The molecule has 0 aromatic carbocycles. The van der Waals surface area contributed by atoms with Crippen LogP contribution in [0.25, 0.3) is 0 Å². The molecule has 0 aliphatic heterocycles. The monoisotopic (exact) mass is 196 g/mol. The fourth-order valence-electron chi connectivity index (χ4n) is 2.62. The molecule has 0 heterocycles. The summed E-state index contributed by atoms with van der Waals surface area (Å²) in [6.45, 7) is 8.47. The van der Waals surface area contributed by atoms with E-state index in [0.717, 1.165) is 0 Å². The Hall–Kier alpha value is -0.660. The molecule has 80 valence electrons. The zero-order chi connectivity index (χ0) is 10.9. The SMILES string of the molecule is CC(C)C1(C(C)C)CC(=O)CC(=O)C1. The van der Waals surface area contributed by atoms with Gasteiger partial charge >= 0.3 is 0 Å². The molecule has 0 aromatic rings. The molecule has 0 radical (unpaired) electrons. The van der Waals surface area contributed by atoms with Crippen molar-refractivity contribution < 1.29 is 9.59 Å². The predicted molar refractivity (Wildman–Crippen MR) is 56.0 cm³/mol. The van der Waals surface area contributed by atoms with Crippen molar-refractivity contribution in [1.29, 1.82) is 0 Å². The van der Waals surface area contributed by atoms with Gasteiger partial charge in [0, 0.05) is 12.8 Å². The molecule has 0 amide bonds. The highest BCUT2D eigenvalue weighted by Gasteiger charge is 2.43. The Bertz CT molecular complexity index is 225. The van der Waals surface area contributed by atoms with Crippen molar-refractivity contribution in [3.8, 4) is 0 Å². The number of rotatable bonds is 2. The Kier molecular flexibility index (Phi) is 3.13. The third-order valence-corrected chi connectivity index (χ3v) is 3.75. The fourth-order valence-corrected chi connectivity index (χ4v) is 2.62. The molecule has 1 saturated carbocycles. The van der Waals surface area contributed by atoms with Gasteiger partial charge in [-0.3, -0.25) is 9.59 Å². The van der Waals surface area contributed by atoms with Gasteiger partial charge in [0.05, 0.1) is 6.42 Å². The predicted octanol–water partition coefficient (Wildman–Crippen LogP) is 2.61. The first-order valence-electron chi connectivity index (χ1n) is 5.42. The molecule has 0 bridgehead atoms. The summed E-state index contributed by atoms with van der Waals surface area (Å²) in [5.74, 6) is 1.05. The van der Waals surface area contributed by atoms with Crippen molar-refractivity contribution in [1.82, 2.24) is 0 Å². The van der Waals surface area contributed by atoms with E-state index in [2.05, 4.69) is 27.7 Å². The van der Waals surface area contributed by atoms with E-state index in [9.17, 15) is 9.59 Å². The van der Waals surface area contributed by atoms with Crippen LogP contribution in [-0.4, -0.2) is 11.6 Å². The molecule has 2 heteroatoms. The first-order valence-corrected chi connectivity index (χ1v) is 5.42. The molecule has 0 unspecified atom stereocenters. The van der Waals surface area contributed by atoms with Gasteiger partial charge < -0.3 is 0 Å². The smallest absolute Gasteiger partial charge is 0.140 e. The van der Waals surface area contributed by atoms with Crippen LogP contribution in [0.2, 0.25) is 0 Å². The molecular formula is C12H20O2. The van der Waals surface area contributed by atoms with Crippen LogP contribution in [0.1, 0.15) is 47.0 Å². The van der Waals surface area contributed by atoms with Crippen molar-refractivity contribution >= 4 is 11.6 Å². The molecule has 0 spiro atoms. The topological polar surface area (TPSA) is 34.1 Å². The van der Waals surface area contributed by atoms with Gasteiger partial charge in [-0.25, -0.2) is 0 Å². The standard InChI is InChI=1S/C12H20O2/c1-8(2)12(9(3)4)6-10(13)5-11(14)7-12/h8-9H,5-7H2,1-4H3. The molecule has 1 rings (SSSR count). The molecule has 0 atom stereocenters. The molecule has 1 fully saturated rings. The lowest BCUT2D eigenvalue weighted by Gasteiger charge is -2.43. The average molecular weight is 196 g/mol. The van der Waals surface area contributed by atoms with E-state index in [1.165, 1.54) is 0 Å². The third-order valence-electron chi connectivity index (χ3n) is 3.75. The second-order valence-electron chi connectivity index (χ2n) is 5.15. The van der Waals surface area contributed by atoms with E-state index in [1.807, 2.05) is 0 Å². The molecule has 0 aromatic heterocycles. The van der Waals surface area contributed by atoms with E-state index in [-0.39, 0.29) is 23.4 Å². The number of hydrogen-bond acceptors (Lipinski definition) is 2. The highest BCUT2D eigenvalue weighted by atomic mass is 16.1. The van der Waals surface area contributed by atoms with Crippen LogP contribution in [0, 0.1) is 17.3 Å². The molecule has 1 aliphatic rings. The second kappa shape index (κ2) is 3.84. The fraction of sp³-hybridized carbons (Fsp3) is 0.833. The van der Waals surface area contributed by atoms with E-state index in [0.29, 0.717) is 24.7 Å². The number of ketones is 2. The first kappa shape index (κ1) is 11.4. The maximum atomic E-state index is 11.5. The largest absolute Gasteiger partial charge is 0.299 e. The summed E-state index contributed by atoms with van der Waals surface area (Å²) in [5, 5.41) is 0. The van der Waals surface area contributed by atoms with Crippen LogP contribution < -0.4 is 0 Å². The van der Waals surface area contributed by atoms with E-state index >= 15 is 0 Å². The van der Waals surface area contributed by atoms with Crippen molar-refractivity contribution in [2.24, 2.45) is 17.3 Å². The molecule has 14 heavy (non-hydrogen) atoms. The van der Waals surface area contributed by atoms with Crippen molar-refractivity contribution in [3.63, 3.8) is 0 Å². The molecule has 2 nitrogen and oxygen atoms in total. The second-order valence-corrected chi connectivity index (χ2v) is 5.15. The molecule has 1 aliphatic carbocycles. The summed E-state index contributed by atoms with van der Waals surface area (Å²) >= 11 is 0. The lowest BCUT2D eigenvalue weighted by atomic mass is 9.60. The summed E-state index contributed by atoms with van der Waals surface area (Å²) in [6.07, 6.45) is 1.35. The van der Waals surface area contributed by atoms with Gasteiger partial charge in [-0.1, -0.05) is 27.7 Å². The summed E-state index contributed by atoms with van der Waals surface area (Å²) in [6, 6.07) is 0. The minimum absolute atomic E-state index is 0.0770. The van der Waals surface area contributed by atoms with Crippen LogP contribution in [-0.2, 0) is 9.59 Å². The summed E-state index contributed by atoms with van der Waals surface area (Å²) in [7, 11) is 0. The maximum Gasteiger partial charge on any atom is 0.140 e. The lowest BCUT2D eigenvalue weighted by Crippen LogP contribution is -2.41. The van der Waals surface area contributed by atoms with Gasteiger partial charge in [-0.05, 0) is 17.3 Å². The molecular weight excluding hydrogens is 176 g/mol. The minimum Gasteiger partial charge on any atom is -0.299 e. The van der Waals surface area contributed by atoms with Crippen LogP contribution in [0.3, 0.4) is 0 Å². The van der Waals surface area contributed by atoms with Gasteiger partial charge in [0.1, 0.15) is 11.6 Å². The third kappa shape index (κ3) is 1.89. The Morgan fingerprint density at radius 1 is 0.929 bits per heavy atom. The summed E-state index contributed by atoms with van der Waals surface area (Å²) in [5.41, 5.74) is -0.0770. The Morgan fingerprint density at radius 3 is 1.57 bits per heavy atom. The maximum absolute atomic E-state index is 11.5. The van der Waals surface area contributed by atoms with Gasteiger partial charge in [0.25, 0.3) is 0 Å². The van der Waals surface area contributed by atoms with Gasteiger partial charge in [-0.15, -0.1) is 0 Å². The Labute approximate surface area is 86.1 Å².